The summed E-state index contributed by atoms with van der Waals surface area (Å²) in [7, 11) is 0. The maximum atomic E-state index is 6.00. The average molecular weight is 357 g/mol. The van der Waals surface area contributed by atoms with Crippen molar-refractivity contribution in [2.75, 3.05) is 26.2 Å². The Labute approximate surface area is 157 Å². The minimum atomic E-state index is 0.549. The lowest BCUT2D eigenvalue weighted by Gasteiger charge is -2.35. The van der Waals surface area contributed by atoms with Crippen LogP contribution in [0.5, 0.6) is 0 Å². The number of benzene rings is 2. The molecule has 0 spiro atoms. The lowest BCUT2D eigenvalue weighted by Crippen LogP contribution is -2.45. The number of unbranched alkanes of at least 4 members (excludes halogenated alkanes) is 2. The molecular weight excluding hydrogens is 328 g/mol. The molecule has 0 saturated carbocycles. The number of halogens is 1. The van der Waals surface area contributed by atoms with Crippen molar-refractivity contribution >= 4 is 11.6 Å². The van der Waals surface area contributed by atoms with Gasteiger partial charge in [-0.25, -0.2) is 0 Å². The van der Waals surface area contributed by atoms with Gasteiger partial charge in [0, 0.05) is 37.2 Å². The zero-order valence-electron chi connectivity index (χ0n) is 15.2. The zero-order chi connectivity index (χ0) is 17.5. The van der Waals surface area contributed by atoms with Crippen LogP contribution in [0.3, 0.4) is 0 Å². The molecule has 25 heavy (non-hydrogen) atoms. The van der Waals surface area contributed by atoms with Gasteiger partial charge < -0.3 is 5.32 Å². The Hall–Kier alpha value is -1.35. The summed E-state index contributed by atoms with van der Waals surface area (Å²) in [5, 5.41) is 4.26. The first-order valence-electron chi connectivity index (χ1n) is 9.58. The topological polar surface area (TPSA) is 15.3 Å². The number of rotatable bonds is 7. The van der Waals surface area contributed by atoms with Crippen molar-refractivity contribution in [3.8, 4) is 11.1 Å². The van der Waals surface area contributed by atoms with Crippen molar-refractivity contribution in [1.29, 1.82) is 0 Å². The van der Waals surface area contributed by atoms with Crippen molar-refractivity contribution in [3.63, 3.8) is 0 Å². The first-order chi connectivity index (χ1) is 12.3. The summed E-state index contributed by atoms with van der Waals surface area (Å²) in [5.74, 6) is 0. The molecule has 2 aromatic rings. The largest absolute Gasteiger partial charge is 0.314 e. The highest BCUT2D eigenvalue weighted by Gasteiger charge is 2.21. The summed E-state index contributed by atoms with van der Waals surface area (Å²) in [6.07, 6.45) is 5.17. The van der Waals surface area contributed by atoms with E-state index < -0.39 is 0 Å². The fourth-order valence-corrected chi connectivity index (χ4v) is 3.81. The van der Waals surface area contributed by atoms with Crippen LogP contribution >= 0.6 is 11.6 Å². The van der Waals surface area contributed by atoms with E-state index in [1.54, 1.807) is 0 Å². The third kappa shape index (κ3) is 5.07. The van der Waals surface area contributed by atoms with Crippen LogP contribution in [0.25, 0.3) is 11.1 Å². The molecule has 1 unspecified atom stereocenters. The molecule has 0 aromatic heterocycles. The molecule has 1 N–H and O–H groups in total. The summed E-state index contributed by atoms with van der Waals surface area (Å²) in [6, 6.07) is 17.8. The van der Waals surface area contributed by atoms with Gasteiger partial charge in [0.15, 0.2) is 0 Å². The summed E-state index contributed by atoms with van der Waals surface area (Å²) in [6.45, 7) is 6.78. The minimum Gasteiger partial charge on any atom is -0.314 e. The SMILES string of the molecule is CCCCCC(c1ccc(-c2ccc(Cl)cc2)cc1)N1CCNCC1. The molecule has 0 aliphatic carbocycles. The van der Waals surface area contributed by atoms with E-state index in [9.17, 15) is 0 Å². The number of nitrogens with zero attached hydrogens (tertiary/aromatic N) is 1. The van der Waals surface area contributed by atoms with Gasteiger partial charge >= 0.3 is 0 Å². The van der Waals surface area contributed by atoms with Gasteiger partial charge in [-0.1, -0.05) is 74.2 Å². The Morgan fingerprint density at radius 3 is 2.12 bits per heavy atom. The van der Waals surface area contributed by atoms with Crippen molar-refractivity contribution in [2.45, 2.75) is 38.6 Å². The third-order valence-electron chi connectivity index (χ3n) is 5.15. The van der Waals surface area contributed by atoms with Crippen molar-refractivity contribution in [1.82, 2.24) is 10.2 Å². The second-order valence-corrected chi connectivity index (χ2v) is 7.36. The smallest absolute Gasteiger partial charge is 0.0406 e. The van der Waals surface area contributed by atoms with E-state index in [2.05, 4.69) is 53.5 Å². The molecule has 0 bridgehead atoms. The number of hydrogen-bond donors (Lipinski definition) is 1. The monoisotopic (exact) mass is 356 g/mol. The van der Waals surface area contributed by atoms with E-state index in [4.69, 9.17) is 11.6 Å². The first kappa shape index (κ1) is 18.4. The van der Waals surface area contributed by atoms with E-state index in [1.807, 2.05) is 12.1 Å². The molecule has 3 heteroatoms. The Morgan fingerprint density at radius 1 is 0.920 bits per heavy atom. The van der Waals surface area contributed by atoms with Crippen molar-refractivity contribution in [3.05, 3.63) is 59.1 Å². The zero-order valence-corrected chi connectivity index (χ0v) is 15.9. The van der Waals surface area contributed by atoms with Gasteiger partial charge in [-0.15, -0.1) is 0 Å². The third-order valence-corrected chi connectivity index (χ3v) is 5.40. The number of hydrogen-bond acceptors (Lipinski definition) is 2. The number of piperazine rings is 1. The Morgan fingerprint density at radius 2 is 1.52 bits per heavy atom. The van der Waals surface area contributed by atoms with Gasteiger partial charge in [0.25, 0.3) is 0 Å². The van der Waals surface area contributed by atoms with Crippen LogP contribution in [-0.2, 0) is 0 Å². The van der Waals surface area contributed by atoms with Gasteiger partial charge in [0.05, 0.1) is 0 Å². The van der Waals surface area contributed by atoms with Gasteiger partial charge in [0.1, 0.15) is 0 Å². The Balaban J connectivity index is 1.76. The first-order valence-corrected chi connectivity index (χ1v) is 9.96. The van der Waals surface area contributed by atoms with Gasteiger partial charge in [-0.05, 0) is 35.2 Å². The number of nitrogens with one attached hydrogen (secondary N) is 1. The molecule has 0 radical (unpaired) electrons. The van der Waals surface area contributed by atoms with Gasteiger partial charge in [-0.3, -0.25) is 4.90 Å². The quantitative estimate of drug-likeness (QED) is 0.656. The van der Waals surface area contributed by atoms with Gasteiger partial charge in [-0.2, -0.15) is 0 Å². The maximum absolute atomic E-state index is 6.00. The molecule has 1 saturated heterocycles. The van der Waals surface area contributed by atoms with Crippen LogP contribution in [0, 0.1) is 0 Å². The molecule has 1 heterocycles. The predicted molar refractivity (Wildman–Crippen MR) is 108 cm³/mol. The second-order valence-electron chi connectivity index (χ2n) is 6.93. The van der Waals surface area contributed by atoms with E-state index in [0.29, 0.717) is 6.04 Å². The standard InChI is InChI=1S/C22H29ClN2/c1-2-3-4-5-22(25-16-14-24-15-17-25)20-8-6-18(7-9-20)19-10-12-21(23)13-11-19/h6-13,22,24H,2-5,14-17H2,1H3. The van der Waals surface area contributed by atoms with Crippen LogP contribution in [-0.4, -0.2) is 31.1 Å². The highest BCUT2D eigenvalue weighted by atomic mass is 35.5. The van der Waals surface area contributed by atoms with Gasteiger partial charge in [0.2, 0.25) is 0 Å². The van der Waals surface area contributed by atoms with E-state index in [1.165, 1.54) is 42.4 Å². The van der Waals surface area contributed by atoms with Crippen LogP contribution < -0.4 is 5.32 Å². The fourth-order valence-electron chi connectivity index (χ4n) is 3.68. The summed E-state index contributed by atoms with van der Waals surface area (Å²) < 4.78 is 0. The molecule has 2 nitrogen and oxygen atoms in total. The second kappa shape index (κ2) is 9.38. The molecule has 1 aliphatic rings. The molecule has 2 aromatic carbocycles. The van der Waals surface area contributed by atoms with Crippen LogP contribution in [0.4, 0.5) is 0 Å². The molecule has 1 fully saturated rings. The van der Waals surface area contributed by atoms with Crippen LogP contribution in [0.1, 0.15) is 44.2 Å². The molecule has 1 aliphatic heterocycles. The Kier molecular flexibility index (Phi) is 6.92. The fraction of sp³-hybridized carbons (Fsp3) is 0.455. The van der Waals surface area contributed by atoms with Crippen LogP contribution in [0.15, 0.2) is 48.5 Å². The van der Waals surface area contributed by atoms with E-state index >= 15 is 0 Å². The van der Waals surface area contributed by atoms with E-state index in [0.717, 1.165) is 31.2 Å². The van der Waals surface area contributed by atoms with Crippen LogP contribution in [0.2, 0.25) is 5.02 Å². The Bertz CT molecular complexity index is 630. The summed E-state index contributed by atoms with van der Waals surface area (Å²) in [5.41, 5.74) is 3.93. The lowest BCUT2D eigenvalue weighted by atomic mass is 9.96. The normalized spacial score (nSPS) is 16.7. The van der Waals surface area contributed by atoms with Crippen molar-refractivity contribution in [2.24, 2.45) is 0 Å². The summed E-state index contributed by atoms with van der Waals surface area (Å²) in [4.78, 5) is 2.66. The average Bonchev–Trinajstić information content (AvgIpc) is 2.67. The maximum Gasteiger partial charge on any atom is 0.0406 e. The molecule has 134 valence electrons. The molecule has 3 rings (SSSR count). The predicted octanol–water partition coefficient (Wildman–Crippen LogP) is 5.53. The highest BCUT2D eigenvalue weighted by Crippen LogP contribution is 2.29. The molecular formula is C22H29ClN2. The molecule has 0 amide bonds. The van der Waals surface area contributed by atoms with E-state index in [-0.39, 0.29) is 0 Å². The minimum absolute atomic E-state index is 0.549. The highest BCUT2D eigenvalue weighted by molar-refractivity contribution is 6.30. The summed E-state index contributed by atoms with van der Waals surface area (Å²) >= 11 is 6.00. The molecule has 1 atom stereocenters. The van der Waals surface area contributed by atoms with Crippen molar-refractivity contribution < 1.29 is 0 Å². The lowest BCUT2D eigenvalue weighted by molar-refractivity contribution is 0.163.